The summed E-state index contributed by atoms with van der Waals surface area (Å²) >= 11 is 0. The Morgan fingerprint density at radius 1 is 0.893 bits per heavy atom. The summed E-state index contributed by atoms with van der Waals surface area (Å²) in [5, 5.41) is 0. The van der Waals surface area contributed by atoms with Gasteiger partial charge in [-0.1, -0.05) is 27.2 Å². The first kappa shape index (κ1) is 22.6. The molecule has 0 spiro atoms. The Morgan fingerprint density at radius 3 is 1.86 bits per heavy atom. The van der Waals surface area contributed by atoms with Crippen LogP contribution in [0.25, 0.3) is 0 Å². The minimum atomic E-state index is -4.73. The summed E-state index contributed by atoms with van der Waals surface area (Å²) in [7, 11) is 0. The highest BCUT2D eigenvalue weighted by Gasteiger charge is 2.33. The normalized spacial score (nSPS) is 28.1. The number of carbonyl (C=O) groups is 1. The van der Waals surface area contributed by atoms with E-state index in [1.165, 1.54) is 37.8 Å². The number of esters is 1. The molecule has 2 fully saturated rings. The fourth-order valence-corrected chi connectivity index (χ4v) is 4.49. The van der Waals surface area contributed by atoms with Gasteiger partial charge in [-0.05, 0) is 80.5 Å². The molecular weight excluding hydrogens is 369 g/mol. The van der Waals surface area contributed by atoms with E-state index < -0.39 is 6.36 Å². The SMILES string of the molecule is C.CC1CCC(C2CCC(C(=O)Oc3ccc(OC(F)(F)F)cc3)CC2)CC1.[HH].[HH]. The zero-order chi connectivity index (χ0) is 19.4. The van der Waals surface area contributed by atoms with Gasteiger partial charge in [0.2, 0.25) is 0 Å². The van der Waals surface area contributed by atoms with E-state index >= 15 is 0 Å². The third-order valence-electron chi connectivity index (χ3n) is 6.11. The quantitative estimate of drug-likeness (QED) is 0.391. The van der Waals surface area contributed by atoms with E-state index in [-0.39, 0.29) is 33.7 Å². The van der Waals surface area contributed by atoms with Crippen molar-refractivity contribution in [3.05, 3.63) is 24.3 Å². The molecule has 1 aromatic rings. The van der Waals surface area contributed by atoms with Crippen molar-refractivity contribution in [2.45, 2.75) is 72.1 Å². The molecule has 2 saturated carbocycles. The Kier molecular flexibility index (Phi) is 7.79. The van der Waals surface area contributed by atoms with Gasteiger partial charge in [0.1, 0.15) is 11.5 Å². The lowest BCUT2D eigenvalue weighted by Gasteiger charge is -2.36. The van der Waals surface area contributed by atoms with Crippen LogP contribution in [0.5, 0.6) is 11.5 Å². The summed E-state index contributed by atoms with van der Waals surface area (Å²) in [4.78, 5) is 12.4. The topological polar surface area (TPSA) is 35.5 Å². The standard InChI is InChI=1S/C21H27F3O3.CH4.2H2/c1-14-2-4-15(5-3-14)16-6-8-17(9-7-16)20(25)26-18-10-12-19(13-11-18)27-21(22,23)24;;;/h10-17H,2-9H2,1H3;1H4;2*1H. The molecule has 0 aromatic heterocycles. The minimum Gasteiger partial charge on any atom is -0.426 e. The van der Waals surface area contributed by atoms with Crippen molar-refractivity contribution in [3.63, 3.8) is 0 Å². The highest BCUT2D eigenvalue weighted by Crippen LogP contribution is 2.41. The van der Waals surface area contributed by atoms with E-state index in [9.17, 15) is 18.0 Å². The van der Waals surface area contributed by atoms with Crippen molar-refractivity contribution >= 4 is 5.97 Å². The van der Waals surface area contributed by atoms with Crippen LogP contribution in [0, 0.1) is 23.7 Å². The van der Waals surface area contributed by atoms with Gasteiger partial charge in [-0.3, -0.25) is 4.79 Å². The second-order valence-electron chi connectivity index (χ2n) is 8.07. The molecule has 6 heteroatoms. The highest BCUT2D eigenvalue weighted by molar-refractivity contribution is 5.75. The van der Waals surface area contributed by atoms with Crippen LogP contribution < -0.4 is 9.47 Å². The zero-order valence-corrected chi connectivity index (χ0v) is 15.6. The molecule has 1 aromatic carbocycles. The molecule has 0 saturated heterocycles. The van der Waals surface area contributed by atoms with Gasteiger partial charge in [-0.15, -0.1) is 13.2 Å². The lowest BCUT2D eigenvalue weighted by atomic mass is 9.69. The number of hydrogen-bond donors (Lipinski definition) is 0. The summed E-state index contributed by atoms with van der Waals surface area (Å²) in [6.45, 7) is 2.32. The maximum absolute atomic E-state index is 12.4. The first-order valence-corrected chi connectivity index (χ1v) is 9.87. The van der Waals surface area contributed by atoms with Gasteiger partial charge >= 0.3 is 12.3 Å². The van der Waals surface area contributed by atoms with E-state index in [0.717, 1.165) is 55.6 Å². The average molecular weight is 405 g/mol. The van der Waals surface area contributed by atoms with E-state index in [4.69, 9.17) is 4.74 Å². The highest BCUT2D eigenvalue weighted by atomic mass is 19.4. The minimum absolute atomic E-state index is 0. The summed E-state index contributed by atoms with van der Waals surface area (Å²) < 4.78 is 45.7. The molecule has 0 amide bonds. The van der Waals surface area contributed by atoms with Gasteiger partial charge in [0.05, 0.1) is 5.92 Å². The number of alkyl halides is 3. The smallest absolute Gasteiger partial charge is 0.426 e. The van der Waals surface area contributed by atoms with E-state index in [0.29, 0.717) is 0 Å². The molecule has 0 N–H and O–H groups in total. The molecule has 28 heavy (non-hydrogen) atoms. The van der Waals surface area contributed by atoms with Crippen molar-refractivity contribution in [1.82, 2.24) is 0 Å². The molecule has 0 bridgehead atoms. The molecule has 3 nitrogen and oxygen atoms in total. The second kappa shape index (κ2) is 9.66. The number of ether oxygens (including phenoxy) is 2. The summed E-state index contributed by atoms with van der Waals surface area (Å²) in [5.41, 5.74) is 0. The van der Waals surface area contributed by atoms with Crippen molar-refractivity contribution in [2.75, 3.05) is 0 Å². The molecule has 162 valence electrons. The zero-order valence-electron chi connectivity index (χ0n) is 15.6. The Morgan fingerprint density at radius 2 is 1.36 bits per heavy atom. The second-order valence-corrected chi connectivity index (χ2v) is 8.07. The Balaban J connectivity index is 0.00000280. The van der Waals surface area contributed by atoms with Gasteiger partial charge in [-0.2, -0.15) is 0 Å². The van der Waals surface area contributed by atoms with Crippen LogP contribution in [0.15, 0.2) is 24.3 Å². The third kappa shape index (κ3) is 6.42. The Labute approximate surface area is 168 Å². The molecule has 0 radical (unpaired) electrons. The van der Waals surface area contributed by atoms with Crippen LogP contribution in [-0.2, 0) is 4.79 Å². The Bertz CT molecular complexity index is 622. The number of rotatable bonds is 4. The first-order chi connectivity index (χ1) is 12.8. The van der Waals surface area contributed by atoms with Crippen LogP contribution in [0.4, 0.5) is 13.2 Å². The van der Waals surface area contributed by atoms with Gasteiger partial charge in [-0.25, -0.2) is 0 Å². The fourth-order valence-electron chi connectivity index (χ4n) is 4.49. The lowest BCUT2D eigenvalue weighted by Crippen LogP contribution is -2.29. The van der Waals surface area contributed by atoms with Crippen LogP contribution in [0.3, 0.4) is 0 Å². The maximum Gasteiger partial charge on any atom is 0.573 e. The molecule has 3 rings (SSSR count). The van der Waals surface area contributed by atoms with Crippen molar-refractivity contribution < 1.29 is 30.3 Å². The lowest BCUT2D eigenvalue weighted by molar-refractivity contribution is -0.274. The molecule has 2 aliphatic rings. The monoisotopic (exact) mass is 404 g/mol. The molecule has 2 aliphatic carbocycles. The number of carbonyl (C=O) groups excluding carboxylic acids is 1. The van der Waals surface area contributed by atoms with Gasteiger partial charge in [0.25, 0.3) is 0 Å². The third-order valence-corrected chi connectivity index (χ3v) is 6.11. The summed E-state index contributed by atoms with van der Waals surface area (Å²) in [6.07, 6.45) is 4.35. The van der Waals surface area contributed by atoms with Crippen molar-refractivity contribution in [2.24, 2.45) is 23.7 Å². The first-order valence-electron chi connectivity index (χ1n) is 9.87. The molecule has 0 atom stereocenters. The van der Waals surface area contributed by atoms with Crippen LogP contribution in [-0.4, -0.2) is 12.3 Å². The molecule has 0 aliphatic heterocycles. The van der Waals surface area contributed by atoms with E-state index in [1.807, 2.05) is 0 Å². The van der Waals surface area contributed by atoms with Gasteiger partial charge in [0, 0.05) is 2.85 Å². The summed E-state index contributed by atoms with van der Waals surface area (Å²) in [6, 6.07) is 4.95. The van der Waals surface area contributed by atoms with Crippen LogP contribution in [0.1, 0.15) is 68.6 Å². The Hall–Kier alpha value is -1.72. The van der Waals surface area contributed by atoms with Crippen LogP contribution >= 0.6 is 0 Å². The van der Waals surface area contributed by atoms with Crippen molar-refractivity contribution in [1.29, 1.82) is 0 Å². The molecule has 0 unspecified atom stereocenters. The number of halogens is 3. The maximum atomic E-state index is 12.4. The fraction of sp³-hybridized carbons (Fsp3) is 0.682. The van der Waals surface area contributed by atoms with Crippen LogP contribution in [0.2, 0.25) is 0 Å². The predicted octanol–water partition coefficient (Wildman–Crippen LogP) is 7.25. The van der Waals surface area contributed by atoms with Gasteiger partial charge in [0.15, 0.2) is 0 Å². The van der Waals surface area contributed by atoms with E-state index in [2.05, 4.69) is 11.7 Å². The molecular formula is C22H35F3O3. The van der Waals surface area contributed by atoms with Gasteiger partial charge < -0.3 is 9.47 Å². The average Bonchev–Trinajstić information content (AvgIpc) is 2.63. The number of hydrogen-bond acceptors (Lipinski definition) is 3. The van der Waals surface area contributed by atoms with Crippen molar-refractivity contribution in [3.8, 4) is 11.5 Å². The number of benzene rings is 1. The predicted molar refractivity (Wildman–Crippen MR) is 106 cm³/mol. The molecule has 0 heterocycles. The largest absolute Gasteiger partial charge is 0.573 e. The summed E-state index contributed by atoms with van der Waals surface area (Å²) in [5.74, 6) is 1.90. The van der Waals surface area contributed by atoms with E-state index in [1.54, 1.807) is 0 Å².